The van der Waals surface area contributed by atoms with Crippen LogP contribution in [0.5, 0.6) is 0 Å². The van der Waals surface area contributed by atoms with Gasteiger partial charge in [0.25, 0.3) is 0 Å². The van der Waals surface area contributed by atoms with Gasteiger partial charge < -0.3 is 5.32 Å². The van der Waals surface area contributed by atoms with Gasteiger partial charge in [-0.25, -0.2) is 13.4 Å². The number of rotatable bonds is 9. The number of carbonyl (C=O) groups is 1. The van der Waals surface area contributed by atoms with Gasteiger partial charge in [-0.1, -0.05) is 50.9 Å². The van der Waals surface area contributed by atoms with Crippen molar-refractivity contribution in [2.75, 3.05) is 12.8 Å². The summed E-state index contributed by atoms with van der Waals surface area (Å²) in [7, 11) is -1.89. The van der Waals surface area contributed by atoms with Crippen molar-refractivity contribution in [2.24, 2.45) is 5.92 Å². The van der Waals surface area contributed by atoms with E-state index in [0.29, 0.717) is 5.03 Å². The van der Waals surface area contributed by atoms with Crippen molar-refractivity contribution >= 4 is 39.0 Å². The summed E-state index contributed by atoms with van der Waals surface area (Å²) in [6.45, 7) is 4.17. The maximum Gasteiger partial charge on any atom is 0.244 e. The minimum atomic E-state index is -3.55. The van der Waals surface area contributed by atoms with Gasteiger partial charge >= 0.3 is 0 Å². The van der Waals surface area contributed by atoms with E-state index >= 15 is 0 Å². The molecule has 31 heavy (non-hydrogen) atoms. The molecule has 0 unspecified atom stereocenters. The number of carbonyl (C=O) groups excluding carboxylic acids is 1. The molecule has 2 aromatic heterocycles. The number of nitrogens with one attached hydrogen (secondary N) is 1. The van der Waals surface area contributed by atoms with Gasteiger partial charge in [0.15, 0.2) is 0 Å². The van der Waals surface area contributed by atoms with Crippen LogP contribution in [-0.2, 0) is 14.8 Å². The largest absolute Gasteiger partial charge is 0.347 e. The first-order valence-electron chi connectivity index (χ1n) is 10.7. The van der Waals surface area contributed by atoms with Crippen molar-refractivity contribution in [3.8, 4) is 0 Å². The summed E-state index contributed by atoms with van der Waals surface area (Å²) in [6, 6.07) is 7.34. The number of amides is 1. The molecule has 2 aromatic rings. The zero-order valence-electron chi connectivity index (χ0n) is 18.3. The Labute approximate surface area is 193 Å². The molecule has 1 aliphatic rings. The maximum absolute atomic E-state index is 12.9. The van der Waals surface area contributed by atoms with Gasteiger partial charge in [-0.15, -0.1) is 11.3 Å². The Hall–Kier alpha value is -1.42. The molecular formula is C22H31N3O3S3. The van der Waals surface area contributed by atoms with E-state index in [2.05, 4.69) is 24.1 Å². The second-order valence-electron chi connectivity index (χ2n) is 8.24. The summed E-state index contributed by atoms with van der Waals surface area (Å²) in [6.07, 6.45) is 6.55. The molecule has 0 radical (unpaired) electrons. The third kappa shape index (κ3) is 6.31. The van der Waals surface area contributed by atoms with Crippen molar-refractivity contribution in [1.82, 2.24) is 14.6 Å². The van der Waals surface area contributed by atoms with Crippen LogP contribution in [-0.4, -0.2) is 42.5 Å². The number of aromatic nitrogens is 1. The van der Waals surface area contributed by atoms with E-state index in [0.717, 1.165) is 30.6 Å². The highest BCUT2D eigenvalue weighted by atomic mass is 32.2. The Morgan fingerprint density at radius 2 is 2.00 bits per heavy atom. The molecule has 0 bridgehead atoms. The molecule has 1 atom stereocenters. The second-order valence-corrected chi connectivity index (χ2v) is 12.2. The first-order chi connectivity index (χ1) is 14.8. The number of thioether (sulfide) groups is 1. The van der Waals surface area contributed by atoms with Gasteiger partial charge in [0.05, 0.1) is 16.8 Å². The van der Waals surface area contributed by atoms with E-state index < -0.39 is 10.0 Å². The molecule has 6 nitrogen and oxygen atoms in total. The summed E-state index contributed by atoms with van der Waals surface area (Å²) in [4.78, 5) is 18.1. The Bertz CT molecular complexity index is 938. The molecule has 2 heterocycles. The van der Waals surface area contributed by atoms with Crippen molar-refractivity contribution < 1.29 is 13.2 Å². The van der Waals surface area contributed by atoms with Gasteiger partial charge in [-0.2, -0.15) is 4.31 Å². The van der Waals surface area contributed by atoms with Gasteiger partial charge in [0.2, 0.25) is 15.9 Å². The first kappa shape index (κ1) is 24.2. The highest BCUT2D eigenvalue weighted by Gasteiger charge is 2.29. The molecule has 1 aliphatic carbocycles. The highest BCUT2D eigenvalue weighted by molar-refractivity contribution is 7.99. The minimum Gasteiger partial charge on any atom is -0.347 e. The molecule has 0 aliphatic heterocycles. The van der Waals surface area contributed by atoms with Gasteiger partial charge in [-0.05, 0) is 42.3 Å². The number of thiophene rings is 1. The van der Waals surface area contributed by atoms with Crippen molar-refractivity contribution in [3.05, 3.63) is 40.7 Å². The average molecular weight is 482 g/mol. The molecule has 9 heteroatoms. The van der Waals surface area contributed by atoms with Crippen LogP contribution in [0.4, 0.5) is 0 Å². The third-order valence-corrected chi connectivity index (χ3v) is 9.45. The molecular weight excluding hydrogens is 450 g/mol. The van der Waals surface area contributed by atoms with Gasteiger partial charge in [-0.3, -0.25) is 4.79 Å². The first-order valence-corrected chi connectivity index (χ1v) is 14.0. The standard InChI is InChI=1S/C22H31N3O3S3/c1-16(2)22(19-10-7-13-29-19)24-20(26)15-30-21-12-11-18(14-23-21)31(27,28)25(3)17-8-5-4-6-9-17/h7,10-14,16-17,22H,4-6,8-9,15H2,1-3H3,(H,24,26)/t22-/m1/s1. The van der Waals surface area contributed by atoms with Crippen LogP contribution < -0.4 is 5.32 Å². The highest BCUT2D eigenvalue weighted by Crippen LogP contribution is 2.28. The summed E-state index contributed by atoms with van der Waals surface area (Å²) < 4.78 is 27.3. The lowest BCUT2D eigenvalue weighted by Crippen LogP contribution is -2.38. The zero-order chi connectivity index (χ0) is 22.4. The van der Waals surface area contributed by atoms with E-state index in [1.807, 2.05) is 17.5 Å². The van der Waals surface area contributed by atoms with Gasteiger partial charge in [0.1, 0.15) is 4.90 Å². The van der Waals surface area contributed by atoms with Crippen LogP contribution in [0.15, 0.2) is 45.8 Å². The number of pyridine rings is 1. The smallest absolute Gasteiger partial charge is 0.244 e. The Morgan fingerprint density at radius 3 is 2.58 bits per heavy atom. The Balaban J connectivity index is 1.57. The zero-order valence-corrected chi connectivity index (χ0v) is 20.7. The molecule has 1 saturated carbocycles. The van der Waals surface area contributed by atoms with E-state index in [9.17, 15) is 13.2 Å². The predicted octanol–water partition coefficient (Wildman–Crippen LogP) is 4.70. The maximum atomic E-state index is 12.9. The van der Waals surface area contributed by atoms with Crippen LogP contribution in [0.2, 0.25) is 0 Å². The number of hydrogen-bond acceptors (Lipinski definition) is 6. The number of hydrogen-bond donors (Lipinski definition) is 1. The van der Waals surface area contributed by atoms with Crippen LogP contribution in [0, 0.1) is 5.92 Å². The summed E-state index contributed by atoms with van der Waals surface area (Å²) >= 11 is 2.94. The van der Waals surface area contributed by atoms with Crippen LogP contribution in [0.25, 0.3) is 0 Å². The van der Waals surface area contributed by atoms with E-state index in [1.165, 1.54) is 28.7 Å². The van der Waals surface area contributed by atoms with Crippen molar-refractivity contribution in [3.63, 3.8) is 0 Å². The number of nitrogens with zero attached hydrogens (tertiary/aromatic N) is 2. The Kier molecular flexibility index (Phi) is 8.55. The third-order valence-electron chi connectivity index (χ3n) is 5.66. The topological polar surface area (TPSA) is 79.4 Å². The summed E-state index contributed by atoms with van der Waals surface area (Å²) in [5, 5.41) is 5.74. The monoisotopic (exact) mass is 481 g/mol. The lowest BCUT2D eigenvalue weighted by atomic mass is 9.96. The number of sulfonamides is 1. The quantitative estimate of drug-likeness (QED) is 0.525. The van der Waals surface area contributed by atoms with Crippen LogP contribution in [0.1, 0.15) is 56.9 Å². The molecule has 1 N–H and O–H groups in total. The Morgan fingerprint density at radius 1 is 1.26 bits per heavy atom. The molecule has 0 spiro atoms. The molecule has 170 valence electrons. The molecule has 0 saturated heterocycles. The molecule has 1 fully saturated rings. The lowest BCUT2D eigenvalue weighted by molar-refractivity contribution is -0.119. The molecule has 1 amide bonds. The lowest BCUT2D eigenvalue weighted by Gasteiger charge is -2.30. The van der Waals surface area contributed by atoms with Crippen LogP contribution in [0.3, 0.4) is 0 Å². The van der Waals surface area contributed by atoms with E-state index in [-0.39, 0.29) is 34.6 Å². The van der Waals surface area contributed by atoms with Crippen molar-refractivity contribution in [2.45, 2.75) is 68.0 Å². The summed E-state index contributed by atoms with van der Waals surface area (Å²) in [5.41, 5.74) is 0. The fraction of sp³-hybridized carbons (Fsp3) is 0.545. The van der Waals surface area contributed by atoms with Gasteiger partial charge in [0, 0.05) is 24.2 Å². The van der Waals surface area contributed by atoms with Crippen LogP contribution >= 0.6 is 23.1 Å². The SMILES string of the molecule is CC(C)[C@@H](NC(=O)CSc1ccc(S(=O)(=O)N(C)C2CCCCC2)cn1)c1cccs1. The van der Waals surface area contributed by atoms with Crippen molar-refractivity contribution in [1.29, 1.82) is 0 Å². The minimum absolute atomic E-state index is 0.0103. The fourth-order valence-corrected chi connectivity index (χ4v) is 6.77. The predicted molar refractivity (Wildman–Crippen MR) is 127 cm³/mol. The fourth-order valence-electron chi connectivity index (χ4n) is 3.80. The second kappa shape index (κ2) is 10.9. The molecule has 0 aromatic carbocycles. The average Bonchev–Trinajstić information content (AvgIpc) is 3.30. The molecule has 3 rings (SSSR count). The van der Waals surface area contributed by atoms with E-state index in [4.69, 9.17) is 0 Å². The van der Waals surface area contributed by atoms with E-state index in [1.54, 1.807) is 30.5 Å². The summed E-state index contributed by atoms with van der Waals surface area (Å²) in [5.74, 6) is 0.458. The normalized spacial score (nSPS) is 16.5.